The van der Waals surface area contributed by atoms with Crippen molar-refractivity contribution in [1.82, 2.24) is 4.98 Å². The molecule has 21 heavy (non-hydrogen) atoms. The summed E-state index contributed by atoms with van der Waals surface area (Å²) in [7, 11) is 1.52. The van der Waals surface area contributed by atoms with Crippen molar-refractivity contribution in [3.8, 4) is 5.75 Å². The summed E-state index contributed by atoms with van der Waals surface area (Å²) in [6, 6.07) is 15.0. The molecule has 0 aliphatic rings. The van der Waals surface area contributed by atoms with Gasteiger partial charge in [0.05, 0.1) is 7.11 Å². The minimum atomic E-state index is -0.376. The topological polar surface area (TPSA) is 22.1 Å². The minimum Gasteiger partial charge on any atom is -0.497 e. The van der Waals surface area contributed by atoms with Crippen LogP contribution in [0.1, 0.15) is 11.1 Å². The number of nitrogens with zero attached hydrogens (tertiary/aromatic N) is 1. The summed E-state index contributed by atoms with van der Waals surface area (Å²) in [6.45, 7) is 0. The Labute approximate surface area is 122 Å². The molecule has 1 heterocycles. The van der Waals surface area contributed by atoms with E-state index in [1.54, 1.807) is 12.3 Å². The molecule has 0 bridgehead atoms. The molecular weight excluding hydrogens is 265 g/mol. The lowest BCUT2D eigenvalue weighted by atomic mass is 10.1. The first kappa shape index (κ1) is 13.3. The molecule has 0 spiro atoms. The molecule has 0 aliphatic heterocycles. The molecule has 0 atom stereocenters. The van der Waals surface area contributed by atoms with Crippen molar-refractivity contribution >= 4 is 23.1 Å². The first-order chi connectivity index (χ1) is 10.3. The van der Waals surface area contributed by atoms with E-state index < -0.39 is 0 Å². The lowest BCUT2D eigenvalue weighted by molar-refractivity contribution is 0.412. The van der Waals surface area contributed by atoms with Crippen LogP contribution >= 0.6 is 0 Å². The summed E-state index contributed by atoms with van der Waals surface area (Å²) in [4.78, 5) is 4.11. The number of hydrogen-bond acceptors (Lipinski definition) is 2. The Kier molecular flexibility index (Phi) is 3.65. The van der Waals surface area contributed by atoms with E-state index in [0.29, 0.717) is 11.3 Å². The standard InChI is InChI=1S/C18H14FNO/c1-21-15-11-16-14(8-7-13-5-3-2-4-6-13)9-10-20-18(16)17(19)12-15/h2-12H,1H3. The van der Waals surface area contributed by atoms with Gasteiger partial charge in [0.25, 0.3) is 0 Å². The first-order valence-electron chi connectivity index (χ1n) is 6.63. The summed E-state index contributed by atoms with van der Waals surface area (Å²) < 4.78 is 19.1. The highest BCUT2D eigenvalue weighted by atomic mass is 19.1. The van der Waals surface area contributed by atoms with Crippen molar-refractivity contribution in [3.05, 3.63) is 71.7 Å². The molecule has 0 amide bonds. The zero-order valence-electron chi connectivity index (χ0n) is 11.6. The van der Waals surface area contributed by atoms with E-state index in [2.05, 4.69) is 4.98 Å². The van der Waals surface area contributed by atoms with Crippen LogP contribution in [0, 0.1) is 5.82 Å². The maximum atomic E-state index is 14.0. The van der Waals surface area contributed by atoms with Crippen LogP contribution < -0.4 is 4.74 Å². The molecule has 0 N–H and O–H groups in total. The predicted octanol–water partition coefficient (Wildman–Crippen LogP) is 4.55. The Bertz CT molecular complexity index is 797. The third-order valence-corrected chi connectivity index (χ3v) is 3.30. The van der Waals surface area contributed by atoms with Gasteiger partial charge in [-0.2, -0.15) is 0 Å². The molecule has 3 rings (SSSR count). The van der Waals surface area contributed by atoms with E-state index >= 15 is 0 Å². The SMILES string of the molecule is COc1cc(F)c2nccc(C=Cc3ccccc3)c2c1. The monoisotopic (exact) mass is 279 g/mol. The summed E-state index contributed by atoms with van der Waals surface area (Å²) >= 11 is 0. The maximum Gasteiger partial charge on any atom is 0.153 e. The van der Waals surface area contributed by atoms with Gasteiger partial charge in [-0.15, -0.1) is 0 Å². The second kappa shape index (κ2) is 5.75. The molecule has 2 aromatic carbocycles. The van der Waals surface area contributed by atoms with Crippen LogP contribution in [0.5, 0.6) is 5.75 Å². The zero-order valence-corrected chi connectivity index (χ0v) is 11.6. The third kappa shape index (κ3) is 2.77. The molecule has 3 heteroatoms. The van der Waals surface area contributed by atoms with E-state index in [-0.39, 0.29) is 5.82 Å². The van der Waals surface area contributed by atoms with Gasteiger partial charge in [-0.1, -0.05) is 42.5 Å². The van der Waals surface area contributed by atoms with Crippen molar-refractivity contribution in [2.45, 2.75) is 0 Å². The fraction of sp³-hybridized carbons (Fsp3) is 0.0556. The van der Waals surface area contributed by atoms with Crippen LogP contribution in [0.3, 0.4) is 0 Å². The molecule has 3 aromatic rings. The lowest BCUT2D eigenvalue weighted by Gasteiger charge is -2.06. The summed E-state index contributed by atoms with van der Waals surface area (Å²) in [5.41, 5.74) is 2.35. The van der Waals surface area contributed by atoms with Gasteiger partial charge in [0.15, 0.2) is 5.82 Å². The van der Waals surface area contributed by atoms with E-state index in [4.69, 9.17) is 4.74 Å². The minimum absolute atomic E-state index is 0.353. The Balaban J connectivity index is 2.10. The van der Waals surface area contributed by atoms with Gasteiger partial charge < -0.3 is 4.74 Å². The highest BCUT2D eigenvalue weighted by Crippen LogP contribution is 2.26. The molecule has 2 nitrogen and oxygen atoms in total. The summed E-state index contributed by atoms with van der Waals surface area (Å²) in [5, 5.41) is 0.738. The number of ether oxygens (including phenoxy) is 1. The van der Waals surface area contributed by atoms with Crippen molar-refractivity contribution in [3.63, 3.8) is 0 Å². The van der Waals surface area contributed by atoms with E-state index in [9.17, 15) is 4.39 Å². The maximum absolute atomic E-state index is 14.0. The fourth-order valence-electron chi connectivity index (χ4n) is 2.22. The lowest BCUT2D eigenvalue weighted by Crippen LogP contribution is -1.90. The van der Waals surface area contributed by atoms with Crippen LogP contribution in [0.4, 0.5) is 4.39 Å². The summed E-state index contributed by atoms with van der Waals surface area (Å²) in [5.74, 6) is 0.113. The number of hydrogen-bond donors (Lipinski definition) is 0. The van der Waals surface area contributed by atoms with Crippen molar-refractivity contribution in [1.29, 1.82) is 0 Å². The normalized spacial score (nSPS) is 11.1. The highest BCUT2D eigenvalue weighted by molar-refractivity contribution is 5.91. The number of pyridine rings is 1. The first-order valence-corrected chi connectivity index (χ1v) is 6.63. The zero-order chi connectivity index (χ0) is 14.7. The van der Waals surface area contributed by atoms with Crippen molar-refractivity contribution in [2.75, 3.05) is 7.11 Å². The van der Waals surface area contributed by atoms with Gasteiger partial charge in [-0.25, -0.2) is 4.39 Å². The number of halogens is 1. The van der Waals surface area contributed by atoms with Crippen LogP contribution in [0.2, 0.25) is 0 Å². The average Bonchev–Trinajstić information content (AvgIpc) is 2.54. The highest BCUT2D eigenvalue weighted by Gasteiger charge is 2.07. The fourth-order valence-corrected chi connectivity index (χ4v) is 2.22. The van der Waals surface area contributed by atoms with Gasteiger partial charge >= 0.3 is 0 Å². The number of aromatic nitrogens is 1. The molecular formula is C18H14FNO. The van der Waals surface area contributed by atoms with Crippen LogP contribution in [0.15, 0.2) is 54.7 Å². The van der Waals surface area contributed by atoms with Crippen LogP contribution in [-0.4, -0.2) is 12.1 Å². The van der Waals surface area contributed by atoms with Gasteiger partial charge in [0.1, 0.15) is 11.3 Å². The van der Waals surface area contributed by atoms with E-state index in [0.717, 1.165) is 16.5 Å². The molecule has 1 aromatic heterocycles. The van der Waals surface area contributed by atoms with Crippen LogP contribution in [-0.2, 0) is 0 Å². The Morgan fingerprint density at radius 2 is 1.86 bits per heavy atom. The van der Waals surface area contributed by atoms with Gasteiger partial charge in [0, 0.05) is 17.6 Å². The number of rotatable bonds is 3. The Morgan fingerprint density at radius 1 is 1.05 bits per heavy atom. The van der Waals surface area contributed by atoms with E-state index in [1.165, 1.54) is 13.2 Å². The van der Waals surface area contributed by atoms with Crippen molar-refractivity contribution < 1.29 is 9.13 Å². The molecule has 0 fully saturated rings. The molecule has 0 saturated carbocycles. The molecule has 0 aliphatic carbocycles. The average molecular weight is 279 g/mol. The largest absolute Gasteiger partial charge is 0.497 e. The number of benzene rings is 2. The molecule has 104 valence electrons. The predicted molar refractivity (Wildman–Crippen MR) is 83.6 cm³/mol. The third-order valence-electron chi connectivity index (χ3n) is 3.30. The molecule has 0 unspecified atom stereocenters. The number of fused-ring (bicyclic) bond motifs is 1. The summed E-state index contributed by atoms with van der Waals surface area (Å²) in [6.07, 6.45) is 5.56. The smallest absolute Gasteiger partial charge is 0.153 e. The quantitative estimate of drug-likeness (QED) is 0.701. The van der Waals surface area contributed by atoms with Gasteiger partial charge in [-0.05, 0) is 23.3 Å². The Hall–Kier alpha value is -2.68. The van der Waals surface area contributed by atoms with E-state index in [1.807, 2.05) is 48.6 Å². The van der Waals surface area contributed by atoms with Gasteiger partial charge in [-0.3, -0.25) is 4.98 Å². The molecule has 0 saturated heterocycles. The molecule has 0 radical (unpaired) electrons. The second-order valence-corrected chi connectivity index (χ2v) is 4.65. The van der Waals surface area contributed by atoms with Crippen LogP contribution in [0.25, 0.3) is 23.1 Å². The van der Waals surface area contributed by atoms with Crippen molar-refractivity contribution in [2.24, 2.45) is 0 Å². The van der Waals surface area contributed by atoms with Gasteiger partial charge in [0.2, 0.25) is 0 Å². The second-order valence-electron chi connectivity index (χ2n) is 4.65. The number of methoxy groups -OCH3 is 1. The Morgan fingerprint density at radius 3 is 2.62 bits per heavy atom.